The van der Waals surface area contributed by atoms with E-state index in [0.29, 0.717) is 37.1 Å². The van der Waals surface area contributed by atoms with Gasteiger partial charge in [0.05, 0.1) is 16.8 Å². The van der Waals surface area contributed by atoms with Crippen LogP contribution in [-0.4, -0.2) is 41.0 Å². The normalized spacial score (nSPS) is 15.3. The van der Waals surface area contributed by atoms with Crippen molar-refractivity contribution >= 4 is 23.4 Å². The van der Waals surface area contributed by atoms with Crippen molar-refractivity contribution in [3.05, 3.63) is 52.9 Å². The monoisotopic (exact) mass is 348 g/mol. The van der Waals surface area contributed by atoms with Crippen LogP contribution in [-0.2, 0) is 0 Å². The predicted octanol–water partition coefficient (Wildman–Crippen LogP) is 2.67. The molecule has 3 rings (SSSR count). The Kier molecular flexibility index (Phi) is 4.76. The number of amides is 2. The minimum absolute atomic E-state index is 0.00141. The number of carbonyl (C=O) groups excluding carboxylic acids is 2. The Labute approximate surface area is 144 Å². The van der Waals surface area contributed by atoms with E-state index in [0.717, 1.165) is 0 Å². The lowest BCUT2D eigenvalue weighted by atomic mass is 10.0. The molecule has 1 saturated heterocycles. The summed E-state index contributed by atoms with van der Waals surface area (Å²) in [6.07, 6.45) is 4.27. The highest BCUT2D eigenvalue weighted by Crippen LogP contribution is 2.24. The summed E-state index contributed by atoms with van der Waals surface area (Å²) in [4.78, 5) is 26.2. The van der Waals surface area contributed by atoms with Crippen LogP contribution < -0.4 is 5.32 Å². The Morgan fingerprint density at radius 1 is 1.21 bits per heavy atom. The summed E-state index contributed by atoms with van der Waals surface area (Å²) >= 11 is 5.82. The van der Waals surface area contributed by atoms with Crippen LogP contribution in [0.4, 0.5) is 0 Å². The zero-order chi connectivity index (χ0) is 17.1. The summed E-state index contributed by atoms with van der Waals surface area (Å²) in [5.41, 5.74) is 0.936. The van der Waals surface area contributed by atoms with Crippen LogP contribution in [0.25, 0.3) is 0 Å². The molecule has 0 atom stereocenters. The topological polar surface area (TPSA) is 82.8 Å². The van der Waals surface area contributed by atoms with E-state index in [1.807, 2.05) is 0 Å². The zero-order valence-corrected chi connectivity index (χ0v) is 13.6. The van der Waals surface area contributed by atoms with Crippen LogP contribution in [0.1, 0.15) is 33.6 Å². The van der Waals surface area contributed by atoms with E-state index in [2.05, 4.69) is 5.32 Å². The van der Waals surface area contributed by atoms with Crippen molar-refractivity contribution in [3.8, 4) is 5.75 Å². The molecule has 7 heteroatoms. The summed E-state index contributed by atoms with van der Waals surface area (Å²) in [6, 6.07) is 5.99. The summed E-state index contributed by atoms with van der Waals surface area (Å²) < 4.78 is 4.93. The van der Waals surface area contributed by atoms with Gasteiger partial charge < -0.3 is 19.7 Å². The zero-order valence-electron chi connectivity index (χ0n) is 12.9. The van der Waals surface area contributed by atoms with Gasteiger partial charge in [0.2, 0.25) is 0 Å². The number of phenolic OH excluding ortho intramolecular Hbond substituents is 1. The molecule has 2 amide bonds. The smallest absolute Gasteiger partial charge is 0.257 e. The number of hydrogen-bond donors (Lipinski definition) is 2. The molecule has 1 aliphatic heterocycles. The van der Waals surface area contributed by atoms with E-state index in [9.17, 15) is 14.7 Å². The minimum atomic E-state index is -0.239. The maximum absolute atomic E-state index is 12.2. The van der Waals surface area contributed by atoms with Gasteiger partial charge in [0.25, 0.3) is 11.8 Å². The van der Waals surface area contributed by atoms with E-state index in [-0.39, 0.29) is 28.6 Å². The Balaban J connectivity index is 1.54. The molecule has 0 unspecified atom stereocenters. The fourth-order valence-corrected chi connectivity index (χ4v) is 2.89. The third kappa shape index (κ3) is 3.54. The second kappa shape index (κ2) is 6.97. The number of likely N-dealkylation sites (tertiary alicyclic amines) is 1. The number of piperidine rings is 1. The van der Waals surface area contributed by atoms with Crippen molar-refractivity contribution in [2.24, 2.45) is 0 Å². The first-order chi connectivity index (χ1) is 11.5. The van der Waals surface area contributed by atoms with Crippen LogP contribution in [0.15, 0.2) is 41.2 Å². The first-order valence-electron chi connectivity index (χ1n) is 7.65. The fraction of sp³-hybridized carbons (Fsp3) is 0.294. The average Bonchev–Trinajstić information content (AvgIpc) is 3.12. The number of benzene rings is 1. The summed E-state index contributed by atoms with van der Waals surface area (Å²) in [6.45, 7) is 1.15. The number of nitrogens with one attached hydrogen (secondary N) is 1. The number of halogens is 1. The van der Waals surface area contributed by atoms with Gasteiger partial charge in [-0.15, -0.1) is 0 Å². The van der Waals surface area contributed by atoms with Gasteiger partial charge >= 0.3 is 0 Å². The molecule has 0 spiro atoms. The van der Waals surface area contributed by atoms with Gasteiger partial charge in [-0.2, -0.15) is 0 Å². The molecule has 0 saturated carbocycles. The van der Waals surface area contributed by atoms with Crippen molar-refractivity contribution in [3.63, 3.8) is 0 Å². The maximum atomic E-state index is 12.2. The lowest BCUT2D eigenvalue weighted by molar-refractivity contribution is 0.0697. The first kappa shape index (κ1) is 16.4. The highest BCUT2D eigenvalue weighted by Gasteiger charge is 2.25. The molecule has 0 bridgehead atoms. The Morgan fingerprint density at radius 2 is 1.96 bits per heavy atom. The molecule has 2 aromatic rings. The number of phenols is 1. The van der Waals surface area contributed by atoms with Gasteiger partial charge in [0.1, 0.15) is 12.0 Å². The number of hydrogen-bond acceptors (Lipinski definition) is 4. The highest BCUT2D eigenvalue weighted by atomic mass is 35.5. The Morgan fingerprint density at radius 3 is 2.58 bits per heavy atom. The molecule has 1 aliphatic rings. The first-order valence-corrected chi connectivity index (χ1v) is 8.03. The number of rotatable bonds is 3. The van der Waals surface area contributed by atoms with Crippen LogP contribution >= 0.6 is 11.6 Å². The predicted molar refractivity (Wildman–Crippen MR) is 88.2 cm³/mol. The van der Waals surface area contributed by atoms with E-state index in [1.54, 1.807) is 11.0 Å². The molecule has 1 fully saturated rings. The molecule has 2 N–H and O–H groups in total. The van der Waals surface area contributed by atoms with E-state index >= 15 is 0 Å². The second-order valence-electron chi connectivity index (χ2n) is 5.72. The van der Waals surface area contributed by atoms with Crippen LogP contribution in [0.3, 0.4) is 0 Å². The standard InChI is InChI=1S/C17H17ClN2O4/c18-14-9-11(1-2-15(14)21)16(22)19-13-3-6-20(7-4-13)17(23)12-5-8-24-10-12/h1-2,5,8-10,13,21H,3-4,6-7H2,(H,19,22). The summed E-state index contributed by atoms with van der Waals surface area (Å²) in [5.74, 6) is -0.352. The molecule has 6 nitrogen and oxygen atoms in total. The molecule has 0 aliphatic carbocycles. The number of aromatic hydroxyl groups is 1. The third-order valence-electron chi connectivity index (χ3n) is 4.10. The van der Waals surface area contributed by atoms with Gasteiger partial charge in [-0.1, -0.05) is 11.6 Å². The van der Waals surface area contributed by atoms with Gasteiger partial charge in [0, 0.05) is 24.7 Å². The Hall–Kier alpha value is -2.47. The summed E-state index contributed by atoms with van der Waals surface area (Å²) in [7, 11) is 0. The third-order valence-corrected chi connectivity index (χ3v) is 4.40. The lowest BCUT2D eigenvalue weighted by Crippen LogP contribution is -2.46. The number of carbonyl (C=O) groups is 2. The van der Waals surface area contributed by atoms with Crippen molar-refractivity contribution < 1.29 is 19.1 Å². The lowest BCUT2D eigenvalue weighted by Gasteiger charge is -2.32. The van der Waals surface area contributed by atoms with E-state index < -0.39 is 0 Å². The van der Waals surface area contributed by atoms with Crippen LogP contribution in [0.2, 0.25) is 5.02 Å². The maximum Gasteiger partial charge on any atom is 0.257 e. The largest absolute Gasteiger partial charge is 0.506 e. The van der Waals surface area contributed by atoms with Gasteiger partial charge in [0.15, 0.2) is 0 Å². The van der Waals surface area contributed by atoms with Crippen molar-refractivity contribution in [2.45, 2.75) is 18.9 Å². The van der Waals surface area contributed by atoms with Crippen molar-refractivity contribution in [1.82, 2.24) is 10.2 Å². The second-order valence-corrected chi connectivity index (χ2v) is 6.13. The number of furan rings is 1. The molecule has 2 heterocycles. The van der Waals surface area contributed by atoms with Crippen molar-refractivity contribution in [2.75, 3.05) is 13.1 Å². The van der Waals surface area contributed by atoms with Crippen LogP contribution in [0, 0.1) is 0 Å². The summed E-state index contributed by atoms with van der Waals surface area (Å²) in [5, 5.41) is 12.5. The van der Waals surface area contributed by atoms with E-state index in [1.165, 1.54) is 30.7 Å². The SMILES string of the molecule is O=C(NC1CCN(C(=O)c2ccoc2)CC1)c1ccc(O)c(Cl)c1. The molecule has 0 radical (unpaired) electrons. The Bertz CT molecular complexity index is 737. The number of nitrogens with zero attached hydrogens (tertiary/aromatic N) is 1. The highest BCUT2D eigenvalue weighted by molar-refractivity contribution is 6.32. The van der Waals surface area contributed by atoms with E-state index in [4.69, 9.17) is 16.0 Å². The minimum Gasteiger partial charge on any atom is -0.506 e. The van der Waals surface area contributed by atoms with Gasteiger partial charge in [-0.3, -0.25) is 9.59 Å². The molecule has 1 aromatic carbocycles. The molecule has 126 valence electrons. The average molecular weight is 349 g/mol. The van der Waals surface area contributed by atoms with Gasteiger partial charge in [-0.05, 0) is 37.1 Å². The van der Waals surface area contributed by atoms with Gasteiger partial charge in [-0.25, -0.2) is 0 Å². The molecule has 24 heavy (non-hydrogen) atoms. The molecular weight excluding hydrogens is 332 g/mol. The molecule has 1 aromatic heterocycles. The van der Waals surface area contributed by atoms with Crippen molar-refractivity contribution in [1.29, 1.82) is 0 Å². The molecular formula is C17H17ClN2O4. The quantitative estimate of drug-likeness (QED) is 0.893. The fourth-order valence-electron chi connectivity index (χ4n) is 2.71. The van der Waals surface area contributed by atoms with Crippen LogP contribution in [0.5, 0.6) is 5.75 Å².